The van der Waals surface area contributed by atoms with Gasteiger partial charge in [-0.15, -0.1) is 0 Å². The van der Waals surface area contributed by atoms with E-state index in [1.54, 1.807) is 12.1 Å². The molecule has 0 saturated carbocycles. The number of rotatable bonds is 4. The Morgan fingerprint density at radius 2 is 1.96 bits per heavy atom. The SMILES string of the molecule is C[C@@H]1Cc2cc(S(N)(=O)=O)ccc2N1Cc1cc(-c2ccccc2)no1. The smallest absolute Gasteiger partial charge is 0.238 e. The molecule has 0 unspecified atom stereocenters. The number of aromatic nitrogens is 1. The first kappa shape index (κ1) is 16.8. The summed E-state index contributed by atoms with van der Waals surface area (Å²) in [6.07, 6.45) is 0.762. The molecule has 0 radical (unpaired) electrons. The first-order valence-electron chi connectivity index (χ1n) is 8.35. The maximum Gasteiger partial charge on any atom is 0.238 e. The highest BCUT2D eigenvalue weighted by molar-refractivity contribution is 7.89. The molecule has 7 heteroatoms. The van der Waals surface area contributed by atoms with Gasteiger partial charge in [0, 0.05) is 23.4 Å². The van der Waals surface area contributed by atoms with Crippen LogP contribution in [-0.2, 0) is 23.0 Å². The molecule has 6 nitrogen and oxygen atoms in total. The van der Waals surface area contributed by atoms with Gasteiger partial charge in [0.05, 0.1) is 11.4 Å². The summed E-state index contributed by atoms with van der Waals surface area (Å²) in [6.45, 7) is 2.67. The quantitative estimate of drug-likeness (QED) is 0.764. The van der Waals surface area contributed by atoms with E-state index in [0.29, 0.717) is 6.54 Å². The molecule has 1 aliphatic rings. The number of benzene rings is 2. The lowest BCUT2D eigenvalue weighted by molar-refractivity contribution is 0.380. The van der Waals surface area contributed by atoms with Gasteiger partial charge >= 0.3 is 0 Å². The molecule has 0 saturated heterocycles. The number of sulfonamides is 1. The lowest BCUT2D eigenvalue weighted by Crippen LogP contribution is -2.28. The zero-order chi connectivity index (χ0) is 18.3. The van der Waals surface area contributed by atoms with Crippen molar-refractivity contribution in [1.29, 1.82) is 0 Å². The van der Waals surface area contributed by atoms with Gasteiger partial charge in [0.25, 0.3) is 0 Å². The van der Waals surface area contributed by atoms with Crippen molar-refractivity contribution in [1.82, 2.24) is 5.16 Å². The first-order valence-corrected chi connectivity index (χ1v) is 9.90. The maximum absolute atomic E-state index is 11.6. The van der Waals surface area contributed by atoms with E-state index >= 15 is 0 Å². The number of hydrogen-bond acceptors (Lipinski definition) is 5. The highest BCUT2D eigenvalue weighted by atomic mass is 32.2. The van der Waals surface area contributed by atoms with Crippen LogP contribution in [0.4, 0.5) is 5.69 Å². The standard InChI is InChI=1S/C19H19N3O3S/c1-13-9-15-10-17(26(20,23)24)7-8-19(15)22(13)12-16-11-18(21-25-16)14-5-3-2-4-6-14/h2-8,10-11,13H,9,12H2,1H3,(H2,20,23,24)/t13-/m1/s1. The Hall–Kier alpha value is -2.64. The molecule has 0 spiro atoms. The molecule has 0 fully saturated rings. The number of nitrogens with zero attached hydrogens (tertiary/aromatic N) is 2. The summed E-state index contributed by atoms with van der Waals surface area (Å²) >= 11 is 0. The fraction of sp³-hybridized carbons (Fsp3) is 0.211. The molecule has 26 heavy (non-hydrogen) atoms. The monoisotopic (exact) mass is 369 g/mol. The normalized spacial score (nSPS) is 16.7. The number of primary sulfonamides is 1. The van der Waals surface area contributed by atoms with Crippen LogP contribution in [0.15, 0.2) is 64.0 Å². The largest absolute Gasteiger partial charge is 0.361 e. The predicted molar refractivity (Wildman–Crippen MR) is 99.1 cm³/mol. The minimum absolute atomic E-state index is 0.149. The van der Waals surface area contributed by atoms with E-state index in [1.165, 1.54) is 0 Å². The van der Waals surface area contributed by atoms with E-state index in [2.05, 4.69) is 17.0 Å². The lowest BCUT2D eigenvalue weighted by atomic mass is 10.1. The minimum atomic E-state index is -3.69. The predicted octanol–water partition coefficient (Wildman–Crippen LogP) is 2.94. The summed E-state index contributed by atoms with van der Waals surface area (Å²) in [5.74, 6) is 0.763. The van der Waals surface area contributed by atoms with Gasteiger partial charge in [0.1, 0.15) is 5.69 Å². The third-order valence-corrected chi connectivity index (χ3v) is 5.60. The van der Waals surface area contributed by atoms with E-state index in [1.807, 2.05) is 42.5 Å². The molecular weight excluding hydrogens is 350 g/mol. The molecule has 2 N–H and O–H groups in total. The van der Waals surface area contributed by atoms with Gasteiger partial charge < -0.3 is 9.42 Å². The fourth-order valence-electron chi connectivity index (χ4n) is 3.39. The average molecular weight is 369 g/mol. The average Bonchev–Trinajstić information content (AvgIpc) is 3.20. The fourth-order valence-corrected chi connectivity index (χ4v) is 3.95. The molecule has 2 heterocycles. The second-order valence-corrected chi connectivity index (χ2v) is 8.12. The van der Waals surface area contributed by atoms with Crippen LogP contribution >= 0.6 is 0 Å². The van der Waals surface area contributed by atoms with E-state index in [0.717, 1.165) is 34.7 Å². The number of fused-ring (bicyclic) bond motifs is 1. The van der Waals surface area contributed by atoms with E-state index in [4.69, 9.17) is 9.66 Å². The van der Waals surface area contributed by atoms with Crippen LogP contribution in [0, 0.1) is 0 Å². The third-order valence-electron chi connectivity index (χ3n) is 4.69. The molecule has 0 aliphatic carbocycles. The zero-order valence-electron chi connectivity index (χ0n) is 14.3. The van der Waals surface area contributed by atoms with Crippen molar-refractivity contribution in [3.8, 4) is 11.3 Å². The van der Waals surface area contributed by atoms with E-state index in [-0.39, 0.29) is 10.9 Å². The van der Waals surface area contributed by atoms with Crippen molar-refractivity contribution in [2.45, 2.75) is 30.8 Å². The van der Waals surface area contributed by atoms with Gasteiger partial charge in [-0.1, -0.05) is 35.5 Å². The van der Waals surface area contributed by atoms with Gasteiger partial charge in [-0.3, -0.25) is 0 Å². The van der Waals surface area contributed by atoms with Crippen LogP contribution in [0.3, 0.4) is 0 Å². The Kier molecular flexibility index (Phi) is 4.05. The Morgan fingerprint density at radius 3 is 2.69 bits per heavy atom. The van der Waals surface area contributed by atoms with Gasteiger partial charge in [-0.2, -0.15) is 0 Å². The third kappa shape index (κ3) is 3.11. The maximum atomic E-state index is 11.6. The number of nitrogens with two attached hydrogens (primary N) is 1. The van der Waals surface area contributed by atoms with Crippen molar-refractivity contribution in [3.05, 3.63) is 65.9 Å². The Balaban J connectivity index is 1.60. The molecule has 0 amide bonds. The van der Waals surface area contributed by atoms with Crippen LogP contribution in [0.5, 0.6) is 0 Å². The van der Waals surface area contributed by atoms with Gasteiger partial charge in [-0.25, -0.2) is 13.6 Å². The summed E-state index contributed by atoms with van der Waals surface area (Å²) in [6, 6.07) is 17.1. The van der Waals surface area contributed by atoms with Crippen molar-refractivity contribution in [2.75, 3.05) is 4.90 Å². The van der Waals surface area contributed by atoms with Crippen molar-refractivity contribution < 1.29 is 12.9 Å². The molecule has 1 atom stereocenters. The second-order valence-electron chi connectivity index (χ2n) is 6.56. The first-order chi connectivity index (χ1) is 12.4. The van der Waals surface area contributed by atoms with Crippen molar-refractivity contribution in [2.24, 2.45) is 5.14 Å². The number of anilines is 1. The zero-order valence-corrected chi connectivity index (χ0v) is 15.1. The molecular formula is C19H19N3O3S. The lowest BCUT2D eigenvalue weighted by Gasteiger charge is -2.23. The Bertz CT molecular complexity index is 1040. The van der Waals surface area contributed by atoms with Gasteiger partial charge in [0.15, 0.2) is 5.76 Å². The minimum Gasteiger partial charge on any atom is -0.361 e. The van der Waals surface area contributed by atoms with E-state index < -0.39 is 10.0 Å². The van der Waals surface area contributed by atoms with Crippen LogP contribution in [0.25, 0.3) is 11.3 Å². The molecule has 2 aromatic carbocycles. The summed E-state index contributed by atoms with van der Waals surface area (Å²) in [7, 11) is -3.69. The van der Waals surface area contributed by atoms with Crippen molar-refractivity contribution >= 4 is 15.7 Å². The van der Waals surface area contributed by atoms with Crippen molar-refractivity contribution in [3.63, 3.8) is 0 Å². The molecule has 1 aliphatic heterocycles. The Morgan fingerprint density at radius 1 is 1.19 bits per heavy atom. The van der Waals surface area contributed by atoms with Crippen LogP contribution in [0.1, 0.15) is 18.2 Å². The van der Waals surface area contributed by atoms with Gasteiger partial charge in [0.2, 0.25) is 10.0 Å². The molecule has 3 aromatic rings. The second kappa shape index (κ2) is 6.26. The summed E-state index contributed by atoms with van der Waals surface area (Å²) < 4.78 is 28.6. The summed E-state index contributed by atoms with van der Waals surface area (Å²) in [5.41, 5.74) is 3.79. The molecule has 0 bridgehead atoms. The molecule has 4 rings (SSSR count). The summed E-state index contributed by atoms with van der Waals surface area (Å²) in [4.78, 5) is 2.34. The highest BCUT2D eigenvalue weighted by Gasteiger charge is 2.28. The molecule has 134 valence electrons. The Labute approximate surface area is 152 Å². The number of hydrogen-bond donors (Lipinski definition) is 1. The van der Waals surface area contributed by atoms with Gasteiger partial charge in [-0.05, 0) is 37.1 Å². The van der Waals surface area contributed by atoms with Crippen LogP contribution in [0.2, 0.25) is 0 Å². The topological polar surface area (TPSA) is 89.4 Å². The van der Waals surface area contributed by atoms with E-state index in [9.17, 15) is 8.42 Å². The van der Waals surface area contributed by atoms with Crippen LogP contribution < -0.4 is 10.0 Å². The summed E-state index contributed by atoms with van der Waals surface area (Å²) in [5, 5.41) is 9.40. The molecule has 1 aromatic heterocycles. The van der Waals surface area contributed by atoms with Crippen LogP contribution in [-0.4, -0.2) is 19.6 Å². The highest BCUT2D eigenvalue weighted by Crippen LogP contribution is 2.35.